The molecule has 0 heterocycles. The summed E-state index contributed by atoms with van der Waals surface area (Å²) >= 11 is 0. The quantitative estimate of drug-likeness (QED) is 0.705. The molecule has 23 heavy (non-hydrogen) atoms. The zero-order valence-corrected chi connectivity index (χ0v) is 13.4. The van der Waals surface area contributed by atoms with Crippen molar-refractivity contribution in [2.24, 2.45) is 0 Å². The molecule has 0 spiro atoms. The van der Waals surface area contributed by atoms with Gasteiger partial charge in [0.2, 0.25) is 0 Å². The van der Waals surface area contributed by atoms with Crippen LogP contribution in [0.15, 0.2) is 36.4 Å². The van der Waals surface area contributed by atoms with Crippen molar-refractivity contribution in [3.05, 3.63) is 58.7 Å². The molecular formula is C19H20N2O2. The van der Waals surface area contributed by atoms with Crippen LogP contribution in [0.1, 0.15) is 51.6 Å². The number of fused-ring (bicyclic) bond motifs is 2. The van der Waals surface area contributed by atoms with Crippen molar-refractivity contribution >= 4 is 22.9 Å². The molecule has 0 amide bonds. The molecule has 0 atom stereocenters. The summed E-state index contributed by atoms with van der Waals surface area (Å²) in [7, 11) is 1.76. The van der Waals surface area contributed by atoms with E-state index in [2.05, 4.69) is 17.6 Å². The number of nitrogens with one attached hydrogen (secondary N) is 2. The lowest BCUT2D eigenvalue weighted by atomic mass is 9.82. The minimum Gasteiger partial charge on any atom is -0.388 e. The number of carbonyl (C=O) groups excluding carboxylic acids is 2. The number of unbranched alkanes of at least 4 members (excludes halogenated alkanes) is 1. The van der Waals surface area contributed by atoms with E-state index in [0.717, 1.165) is 25.1 Å². The third kappa shape index (κ3) is 2.50. The minimum absolute atomic E-state index is 0.0914. The van der Waals surface area contributed by atoms with Gasteiger partial charge in [0, 0.05) is 36.1 Å². The second-order valence-corrected chi connectivity index (χ2v) is 5.64. The number of ketones is 2. The van der Waals surface area contributed by atoms with E-state index < -0.39 is 0 Å². The predicted molar refractivity (Wildman–Crippen MR) is 92.7 cm³/mol. The van der Waals surface area contributed by atoms with Gasteiger partial charge in [0.1, 0.15) is 0 Å². The van der Waals surface area contributed by atoms with Crippen LogP contribution >= 0.6 is 0 Å². The van der Waals surface area contributed by atoms with Gasteiger partial charge < -0.3 is 10.6 Å². The molecule has 0 radical (unpaired) electrons. The number of hydrogen-bond acceptors (Lipinski definition) is 4. The lowest BCUT2D eigenvalue weighted by molar-refractivity contribution is 0.0980. The van der Waals surface area contributed by atoms with E-state index >= 15 is 0 Å². The van der Waals surface area contributed by atoms with E-state index in [0.29, 0.717) is 27.9 Å². The number of anilines is 2. The van der Waals surface area contributed by atoms with Gasteiger partial charge >= 0.3 is 0 Å². The summed E-state index contributed by atoms with van der Waals surface area (Å²) in [6.45, 7) is 2.91. The first kappa shape index (κ1) is 15.3. The van der Waals surface area contributed by atoms with Crippen molar-refractivity contribution in [2.45, 2.75) is 19.8 Å². The first-order chi connectivity index (χ1) is 11.2. The third-order valence-electron chi connectivity index (χ3n) is 4.19. The van der Waals surface area contributed by atoms with Gasteiger partial charge in [0.05, 0.1) is 11.1 Å². The monoisotopic (exact) mass is 308 g/mol. The Bertz CT molecular complexity index is 781. The van der Waals surface area contributed by atoms with Crippen LogP contribution in [-0.2, 0) is 0 Å². The van der Waals surface area contributed by atoms with E-state index in [1.165, 1.54) is 0 Å². The highest BCUT2D eigenvalue weighted by Crippen LogP contribution is 2.35. The summed E-state index contributed by atoms with van der Waals surface area (Å²) < 4.78 is 0. The Morgan fingerprint density at radius 3 is 2.00 bits per heavy atom. The molecule has 3 rings (SSSR count). The molecular weight excluding hydrogens is 288 g/mol. The van der Waals surface area contributed by atoms with Crippen molar-refractivity contribution in [1.82, 2.24) is 0 Å². The Kier molecular flexibility index (Phi) is 4.15. The Morgan fingerprint density at radius 1 is 0.870 bits per heavy atom. The van der Waals surface area contributed by atoms with Gasteiger partial charge in [-0.15, -0.1) is 0 Å². The number of benzene rings is 2. The van der Waals surface area contributed by atoms with Crippen LogP contribution in [0.4, 0.5) is 11.4 Å². The van der Waals surface area contributed by atoms with E-state index in [-0.39, 0.29) is 11.6 Å². The van der Waals surface area contributed by atoms with Gasteiger partial charge in [-0.1, -0.05) is 37.6 Å². The van der Waals surface area contributed by atoms with Crippen LogP contribution in [-0.4, -0.2) is 25.2 Å². The fourth-order valence-corrected chi connectivity index (χ4v) is 3.00. The number of hydrogen-bond donors (Lipinski definition) is 2. The van der Waals surface area contributed by atoms with Crippen LogP contribution in [0.25, 0.3) is 0 Å². The molecule has 2 N–H and O–H groups in total. The van der Waals surface area contributed by atoms with Gasteiger partial charge in [0.25, 0.3) is 0 Å². The minimum atomic E-state index is -0.0984. The average Bonchev–Trinajstić information content (AvgIpc) is 2.59. The summed E-state index contributed by atoms with van der Waals surface area (Å²) in [5, 5.41) is 6.30. The van der Waals surface area contributed by atoms with Crippen LogP contribution in [0, 0.1) is 0 Å². The fourth-order valence-electron chi connectivity index (χ4n) is 3.00. The van der Waals surface area contributed by atoms with Gasteiger partial charge in [-0.2, -0.15) is 0 Å². The third-order valence-corrected chi connectivity index (χ3v) is 4.19. The van der Waals surface area contributed by atoms with Crippen molar-refractivity contribution < 1.29 is 9.59 Å². The maximum Gasteiger partial charge on any atom is 0.196 e. The molecule has 0 aromatic heterocycles. The molecule has 1 aliphatic carbocycles. The largest absolute Gasteiger partial charge is 0.388 e. The van der Waals surface area contributed by atoms with E-state index in [9.17, 15) is 9.59 Å². The van der Waals surface area contributed by atoms with Gasteiger partial charge in [-0.05, 0) is 18.6 Å². The second-order valence-electron chi connectivity index (χ2n) is 5.64. The normalized spacial score (nSPS) is 12.6. The Balaban J connectivity index is 2.11. The maximum absolute atomic E-state index is 13.0. The Labute approximate surface area is 135 Å². The maximum atomic E-state index is 13.0. The van der Waals surface area contributed by atoms with Gasteiger partial charge in [-0.3, -0.25) is 9.59 Å². The summed E-state index contributed by atoms with van der Waals surface area (Å²) in [5.74, 6) is -0.190. The van der Waals surface area contributed by atoms with Crippen LogP contribution in [0.3, 0.4) is 0 Å². The first-order valence-corrected chi connectivity index (χ1v) is 7.96. The highest BCUT2D eigenvalue weighted by Gasteiger charge is 2.33. The molecule has 4 nitrogen and oxygen atoms in total. The Morgan fingerprint density at radius 2 is 1.43 bits per heavy atom. The van der Waals surface area contributed by atoms with E-state index in [4.69, 9.17) is 0 Å². The zero-order valence-electron chi connectivity index (χ0n) is 13.4. The molecule has 0 saturated heterocycles. The standard InChI is InChI=1S/C19H20N2O2/c1-3-4-11-21-15-10-6-8-13-17(15)19(23)12-7-5-9-14(20-2)16(12)18(13)22/h5-10,20-21H,3-4,11H2,1-2H3. The average molecular weight is 308 g/mol. The van der Waals surface area contributed by atoms with Gasteiger partial charge in [-0.25, -0.2) is 0 Å². The summed E-state index contributed by atoms with van der Waals surface area (Å²) in [6, 6.07) is 10.8. The topological polar surface area (TPSA) is 58.2 Å². The second kappa shape index (κ2) is 6.24. The molecule has 0 unspecified atom stereocenters. The lowest BCUT2D eigenvalue weighted by Gasteiger charge is -2.22. The Hall–Kier alpha value is -2.62. The van der Waals surface area contributed by atoms with Crippen LogP contribution in [0.5, 0.6) is 0 Å². The van der Waals surface area contributed by atoms with E-state index in [1.54, 1.807) is 25.2 Å². The highest BCUT2D eigenvalue weighted by atomic mass is 16.1. The van der Waals surface area contributed by atoms with Crippen LogP contribution in [0.2, 0.25) is 0 Å². The number of rotatable bonds is 5. The molecule has 0 aliphatic heterocycles. The molecule has 2 aromatic carbocycles. The zero-order chi connectivity index (χ0) is 16.4. The van der Waals surface area contributed by atoms with Crippen molar-refractivity contribution in [3.63, 3.8) is 0 Å². The molecule has 2 aromatic rings. The number of carbonyl (C=O) groups is 2. The smallest absolute Gasteiger partial charge is 0.196 e. The summed E-state index contributed by atoms with van der Waals surface area (Å²) in [4.78, 5) is 25.9. The van der Waals surface area contributed by atoms with Crippen LogP contribution < -0.4 is 10.6 Å². The summed E-state index contributed by atoms with van der Waals surface area (Å²) in [6.07, 6.45) is 2.09. The van der Waals surface area contributed by atoms with Crippen molar-refractivity contribution in [2.75, 3.05) is 24.2 Å². The molecule has 0 saturated carbocycles. The SMILES string of the molecule is CCCCNc1cccc2c1C(=O)c1cccc(NC)c1C2=O. The molecule has 1 aliphatic rings. The predicted octanol–water partition coefficient (Wildman–Crippen LogP) is 3.72. The molecule has 0 fully saturated rings. The summed E-state index contributed by atoms with van der Waals surface area (Å²) in [5.41, 5.74) is 3.35. The van der Waals surface area contributed by atoms with E-state index in [1.807, 2.05) is 18.2 Å². The fraction of sp³-hybridized carbons (Fsp3) is 0.263. The molecule has 118 valence electrons. The lowest BCUT2D eigenvalue weighted by Crippen LogP contribution is -2.23. The molecule has 0 bridgehead atoms. The highest BCUT2D eigenvalue weighted by molar-refractivity contribution is 6.31. The van der Waals surface area contributed by atoms with Crippen molar-refractivity contribution in [3.8, 4) is 0 Å². The van der Waals surface area contributed by atoms with Crippen molar-refractivity contribution in [1.29, 1.82) is 0 Å². The van der Waals surface area contributed by atoms with Gasteiger partial charge in [0.15, 0.2) is 11.6 Å². The molecule has 4 heteroatoms. The first-order valence-electron chi connectivity index (χ1n) is 7.96.